The van der Waals surface area contributed by atoms with Crippen LogP contribution in [0.3, 0.4) is 0 Å². The Morgan fingerprint density at radius 1 is 1.11 bits per heavy atom. The molecule has 1 rings (SSSR count). The number of anilines is 1. The molecule has 1 aromatic carbocycles. The van der Waals surface area contributed by atoms with E-state index >= 15 is 0 Å². The van der Waals surface area contributed by atoms with Crippen LogP contribution in [0.5, 0.6) is 0 Å². The Morgan fingerprint density at radius 3 is 2.11 bits per heavy atom. The molecule has 18 heavy (non-hydrogen) atoms. The summed E-state index contributed by atoms with van der Waals surface area (Å²) in [5, 5.41) is -0.565. The van der Waals surface area contributed by atoms with E-state index in [1.165, 1.54) is 24.3 Å². The first kappa shape index (κ1) is 15.2. The van der Waals surface area contributed by atoms with Crippen LogP contribution in [-0.4, -0.2) is 28.6 Å². The Balaban J connectivity index is 2.94. The maximum absolute atomic E-state index is 11.6. The van der Waals surface area contributed by atoms with Gasteiger partial charge in [0, 0.05) is 12.2 Å². The minimum Gasteiger partial charge on any atom is -0.283 e. The van der Waals surface area contributed by atoms with Gasteiger partial charge in [0.25, 0.3) is 0 Å². The number of halogens is 1. The second-order valence-electron chi connectivity index (χ2n) is 3.35. The summed E-state index contributed by atoms with van der Waals surface area (Å²) in [6.07, 6.45) is 0. The van der Waals surface area contributed by atoms with Crippen LogP contribution in [0, 0.1) is 0 Å². The van der Waals surface area contributed by atoms with E-state index in [0.29, 0.717) is 0 Å². The first-order chi connectivity index (χ1) is 8.30. The standard InChI is InChI=1S/C9H13ClN2O4S2/c1-2-11-18(15,16)9-5-3-8(4-6-9)12-17(13,14)7-10/h3-6,11-12H,2,7H2,1H3. The smallest absolute Gasteiger partial charge is 0.246 e. The molecule has 9 heteroatoms. The van der Waals surface area contributed by atoms with E-state index in [0.717, 1.165) is 0 Å². The van der Waals surface area contributed by atoms with Crippen LogP contribution in [0.4, 0.5) is 5.69 Å². The molecule has 0 aliphatic rings. The number of rotatable bonds is 6. The number of hydrogen-bond acceptors (Lipinski definition) is 4. The molecule has 6 nitrogen and oxygen atoms in total. The summed E-state index contributed by atoms with van der Waals surface area (Å²) < 4.78 is 50.1. The Bertz CT molecular complexity index is 596. The molecule has 2 N–H and O–H groups in total. The lowest BCUT2D eigenvalue weighted by molar-refractivity contribution is 0.584. The fourth-order valence-electron chi connectivity index (χ4n) is 1.18. The highest BCUT2D eigenvalue weighted by Gasteiger charge is 2.13. The first-order valence-corrected chi connectivity index (χ1v) is 8.64. The van der Waals surface area contributed by atoms with E-state index in [9.17, 15) is 16.8 Å². The summed E-state index contributed by atoms with van der Waals surface area (Å²) in [6, 6.07) is 5.33. The lowest BCUT2D eigenvalue weighted by Crippen LogP contribution is -2.23. The van der Waals surface area contributed by atoms with Crippen molar-refractivity contribution in [3.05, 3.63) is 24.3 Å². The molecule has 0 unspecified atom stereocenters. The van der Waals surface area contributed by atoms with Gasteiger partial charge in [-0.15, -0.1) is 11.6 Å². The van der Waals surface area contributed by atoms with Crippen molar-refractivity contribution in [2.24, 2.45) is 0 Å². The number of alkyl halides is 1. The first-order valence-electron chi connectivity index (χ1n) is 4.97. The van der Waals surface area contributed by atoms with Gasteiger partial charge >= 0.3 is 0 Å². The Hall–Kier alpha value is -0.830. The molecule has 0 aromatic heterocycles. The van der Waals surface area contributed by atoms with Gasteiger partial charge in [-0.25, -0.2) is 21.6 Å². The van der Waals surface area contributed by atoms with Gasteiger partial charge in [-0.05, 0) is 24.3 Å². The normalized spacial score (nSPS) is 12.3. The Morgan fingerprint density at radius 2 is 1.67 bits per heavy atom. The van der Waals surface area contributed by atoms with Crippen molar-refractivity contribution >= 4 is 37.3 Å². The lowest BCUT2D eigenvalue weighted by atomic mass is 10.3. The number of sulfonamides is 2. The topological polar surface area (TPSA) is 92.3 Å². The molecule has 0 atom stereocenters. The molecule has 0 fully saturated rings. The highest BCUT2D eigenvalue weighted by atomic mass is 35.5. The van der Waals surface area contributed by atoms with Crippen molar-refractivity contribution in [1.82, 2.24) is 4.72 Å². The molecular formula is C9H13ClN2O4S2. The van der Waals surface area contributed by atoms with Crippen molar-refractivity contribution in [3.8, 4) is 0 Å². The van der Waals surface area contributed by atoms with Crippen LogP contribution in [0.25, 0.3) is 0 Å². The Kier molecular flexibility index (Phi) is 4.97. The summed E-state index contributed by atoms with van der Waals surface area (Å²) in [4.78, 5) is 0.0678. The monoisotopic (exact) mass is 312 g/mol. The SMILES string of the molecule is CCNS(=O)(=O)c1ccc(NS(=O)(=O)CCl)cc1. The van der Waals surface area contributed by atoms with Gasteiger partial charge in [-0.2, -0.15) is 0 Å². The third-order valence-electron chi connectivity index (χ3n) is 1.92. The molecule has 0 bridgehead atoms. The highest BCUT2D eigenvalue weighted by molar-refractivity contribution is 7.93. The van der Waals surface area contributed by atoms with Crippen LogP contribution < -0.4 is 9.44 Å². The zero-order valence-electron chi connectivity index (χ0n) is 9.55. The molecule has 0 saturated heterocycles. The molecule has 0 saturated carbocycles. The van der Waals surface area contributed by atoms with Gasteiger partial charge < -0.3 is 0 Å². The van der Waals surface area contributed by atoms with E-state index in [2.05, 4.69) is 9.44 Å². The highest BCUT2D eigenvalue weighted by Crippen LogP contribution is 2.15. The maximum atomic E-state index is 11.6. The van der Waals surface area contributed by atoms with Crippen LogP contribution in [-0.2, 0) is 20.0 Å². The Labute approximate surface area is 111 Å². The quantitative estimate of drug-likeness (QED) is 0.764. The van der Waals surface area contributed by atoms with Crippen molar-refractivity contribution in [3.63, 3.8) is 0 Å². The fourth-order valence-corrected chi connectivity index (χ4v) is 2.94. The van der Waals surface area contributed by atoms with Gasteiger partial charge in [0.2, 0.25) is 20.0 Å². The van der Waals surface area contributed by atoms with Crippen LogP contribution >= 0.6 is 11.6 Å². The van der Waals surface area contributed by atoms with Gasteiger partial charge in [-0.1, -0.05) is 6.92 Å². The average molecular weight is 313 g/mol. The lowest BCUT2D eigenvalue weighted by Gasteiger charge is -2.07. The summed E-state index contributed by atoms with van der Waals surface area (Å²) in [6.45, 7) is 1.95. The summed E-state index contributed by atoms with van der Waals surface area (Å²) in [7, 11) is -7.11. The van der Waals surface area contributed by atoms with E-state index in [1.807, 2.05) is 0 Å². The van der Waals surface area contributed by atoms with Gasteiger partial charge in [0.15, 0.2) is 0 Å². The predicted octanol–water partition coefficient (Wildman–Crippen LogP) is 0.923. The fraction of sp³-hybridized carbons (Fsp3) is 0.333. The molecular weight excluding hydrogens is 300 g/mol. The zero-order valence-corrected chi connectivity index (χ0v) is 11.9. The van der Waals surface area contributed by atoms with Crippen molar-refractivity contribution < 1.29 is 16.8 Å². The number of benzene rings is 1. The molecule has 102 valence electrons. The van der Waals surface area contributed by atoms with E-state index in [1.54, 1.807) is 6.92 Å². The largest absolute Gasteiger partial charge is 0.283 e. The van der Waals surface area contributed by atoms with Crippen molar-refractivity contribution in [2.45, 2.75) is 11.8 Å². The molecule has 0 heterocycles. The van der Waals surface area contributed by atoms with Crippen molar-refractivity contribution in [1.29, 1.82) is 0 Å². The van der Waals surface area contributed by atoms with Crippen LogP contribution in [0.2, 0.25) is 0 Å². The van der Waals surface area contributed by atoms with E-state index in [4.69, 9.17) is 11.6 Å². The van der Waals surface area contributed by atoms with Gasteiger partial charge in [-0.3, -0.25) is 4.72 Å². The second-order valence-corrected chi connectivity index (χ2v) is 7.43. The minimum absolute atomic E-state index is 0.0678. The molecule has 0 aliphatic heterocycles. The summed E-state index contributed by atoms with van der Waals surface area (Å²) in [5.74, 6) is 0. The second kappa shape index (κ2) is 5.87. The predicted molar refractivity (Wildman–Crippen MR) is 70.6 cm³/mol. The maximum Gasteiger partial charge on any atom is 0.246 e. The summed E-state index contributed by atoms with van der Waals surface area (Å²) in [5.41, 5.74) is 0.256. The number of nitrogens with one attached hydrogen (secondary N) is 2. The van der Waals surface area contributed by atoms with Gasteiger partial charge in [0.1, 0.15) is 5.21 Å². The molecule has 0 amide bonds. The molecule has 0 radical (unpaired) electrons. The van der Waals surface area contributed by atoms with Crippen molar-refractivity contribution in [2.75, 3.05) is 16.5 Å². The molecule has 0 aliphatic carbocycles. The number of hydrogen-bond donors (Lipinski definition) is 2. The van der Waals surface area contributed by atoms with E-state index < -0.39 is 25.3 Å². The van der Waals surface area contributed by atoms with Gasteiger partial charge in [0.05, 0.1) is 4.90 Å². The molecule has 1 aromatic rings. The van der Waals surface area contributed by atoms with Crippen LogP contribution in [0.15, 0.2) is 29.2 Å². The molecule has 0 spiro atoms. The van der Waals surface area contributed by atoms with E-state index in [-0.39, 0.29) is 17.1 Å². The summed E-state index contributed by atoms with van der Waals surface area (Å²) >= 11 is 5.23. The zero-order chi connectivity index (χ0) is 13.8. The third kappa shape index (κ3) is 4.13. The third-order valence-corrected chi connectivity index (χ3v) is 5.17. The average Bonchev–Trinajstić information content (AvgIpc) is 2.29. The van der Waals surface area contributed by atoms with Crippen LogP contribution in [0.1, 0.15) is 6.92 Å². The minimum atomic E-state index is -3.58.